The van der Waals surface area contributed by atoms with Crippen molar-refractivity contribution in [2.75, 3.05) is 7.11 Å². The molecule has 38 heavy (non-hydrogen) atoms. The Balaban J connectivity index is 1.77. The number of phenols is 4. The van der Waals surface area contributed by atoms with Crippen molar-refractivity contribution in [3.05, 3.63) is 59.7 Å². The van der Waals surface area contributed by atoms with Crippen LogP contribution in [0.25, 0.3) is 12.2 Å². The quantitative estimate of drug-likeness (QED) is 0.129. The Hall–Kier alpha value is -4.55. The molecule has 4 atom stereocenters. The molecule has 12 heteroatoms. The van der Waals surface area contributed by atoms with Crippen molar-refractivity contribution in [1.82, 2.24) is 0 Å². The minimum atomic E-state index is -2.44. The molecule has 0 radical (unpaired) electrons. The van der Waals surface area contributed by atoms with Gasteiger partial charge in [-0.05, 0) is 60.4 Å². The Kier molecular flexibility index (Phi) is 8.61. The second-order valence-electron chi connectivity index (χ2n) is 8.44. The van der Waals surface area contributed by atoms with E-state index in [0.29, 0.717) is 11.1 Å². The summed E-state index contributed by atoms with van der Waals surface area (Å²) in [5.41, 5.74) is -1.76. The van der Waals surface area contributed by atoms with E-state index in [4.69, 9.17) is 9.47 Å². The fourth-order valence-corrected chi connectivity index (χ4v) is 3.79. The molecule has 1 aliphatic rings. The van der Waals surface area contributed by atoms with E-state index < -0.39 is 53.3 Å². The standard InChI is InChI=1S/C26H26O12/c1-36-25(34)26(35)11-10-20(37-21(31)8-4-14-2-6-16(27)18(29)12-14)23(24(26)33)38-22(32)9-5-15-3-7-17(28)19(30)13-15/h2-9,12-13,20,23-24,27-30,33,35H,10-11H2,1H3. The second kappa shape index (κ2) is 11.7. The highest BCUT2D eigenvalue weighted by Gasteiger charge is 2.56. The first-order valence-corrected chi connectivity index (χ1v) is 11.2. The van der Waals surface area contributed by atoms with Gasteiger partial charge in [0.25, 0.3) is 0 Å². The molecule has 0 bridgehead atoms. The summed E-state index contributed by atoms with van der Waals surface area (Å²) < 4.78 is 15.1. The van der Waals surface area contributed by atoms with E-state index in [1.807, 2.05) is 0 Å². The average Bonchev–Trinajstić information content (AvgIpc) is 2.89. The van der Waals surface area contributed by atoms with Gasteiger partial charge in [-0.15, -0.1) is 0 Å². The van der Waals surface area contributed by atoms with Crippen molar-refractivity contribution in [3.63, 3.8) is 0 Å². The number of aromatic hydroxyl groups is 4. The smallest absolute Gasteiger partial charge is 0.340 e. The highest BCUT2D eigenvalue weighted by atomic mass is 16.6. The van der Waals surface area contributed by atoms with Crippen molar-refractivity contribution < 1.29 is 59.2 Å². The van der Waals surface area contributed by atoms with E-state index in [2.05, 4.69) is 4.74 Å². The summed E-state index contributed by atoms with van der Waals surface area (Å²) in [5.74, 6) is -4.66. The molecule has 0 aliphatic heterocycles. The topological polar surface area (TPSA) is 200 Å². The van der Waals surface area contributed by atoms with Crippen molar-refractivity contribution >= 4 is 30.1 Å². The van der Waals surface area contributed by atoms with E-state index in [1.54, 1.807) is 0 Å². The van der Waals surface area contributed by atoms with Crippen LogP contribution in [0.2, 0.25) is 0 Å². The van der Waals surface area contributed by atoms with E-state index in [0.717, 1.165) is 19.3 Å². The first-order chi connectivity index (χ1) is 17.9. The molecule has 0 aromatic heterocycles. The molecule has 12 nitrogen and oxygen atoms in total. The number of phenolic OH excluding ortho intramolecular Hbond substituents is 4. The third kappa shape index (κ3) is 6.41. The summed E-state index contributed by atoms with van der Waals surface area (Å²) >= 11 is 0. The summed E-state index contributed by atoms with van der Waals surface area (Å²) in [7, 11) is 1.00. The van der Waals surface area contributed by atoms with Crippen molar-refractivity contribution in [1.29, 1.82) is 0 Å². The molecule has 3 rings (SSSR count). The molecule has 4 unspecified atom stereocenters. The van der Waals surface area contributed by atoms with E-state index in [-0.39, 0.29) is 24.3 Å². The fraction of sp³-hybridized carbons (Fsp3) is 0.269. The number of aliphatic hydroxyl groups is 2. The minimum Gasteiger partial charge on any atom is -0.504 e. The normalized spacial score (nSPS) is 23.3. The SMILES string of the molecule is COC(=O)C1(O)CCC(OC(=O)C=Cc2ccc(O)c(O)c2)C(OC(=O)C=Cc2ccc(O)c(O)c2)C1O. The first kappa shape index (κ1) is 28.0. The van der Waals surface area contributed by atoms with Crippen molar-refractivity contribution in [3.8, 4) is 23.0 Å². The third-order valence-electron chi connectivity index (χ3n) is 5.86. The van der Waals surface area contributed by atoms with Gasteiger partial charge in [-0.25, -0.2) is 14.4 Å². The van der Waals surface area contributed by atoms with E-state index in [9.17, 15) is 45.0 Å². The van der Waals surface area contributed by atoms with Gasteiger partial charge < -0.3 is 44.8 Å². The zero-order valence-electron chi connectivity index (χ0n) is 20.1. The first-order valence-electron chi connectivity index (χ1n) is 11.2. The lowest BCUT2D eigenvalue weighted by molar-refractivity contribution is -0.220. The zero-order chi connectivity index (χ0) is 28.0. The lowest BCUT2D eigenvalue weighted by atomic mass is 9.78. The molecule has 2 aromatic carbocycles. The lowest BCUT2D eigenvalue weighted by Crippen LogP contribution is -2.63. The number of benzene rings is 2. The molecule has 2 aromatic rings. The van der Waals surface area contributed by atoms with Crippen LogP contribution in [-0.4, -0.2) is 79.6 Å². The molecule has 6 N–H and O–H groups in total. The Bertz CT molecular complexity index is 1270. The van der Waals surface area contributed by atoms with Crippen LogP contribution in [0, 0.1) is 0 Å². The number of hydrogen-bond acceptors (Lipinski definition) is 12. The number of ether oxygens (including phenoxy) is 3. The van der Waals surface area contributed by atoms with Crippen LogP contribution in [-0.2, 0) is 28.6 Å². The van der Waals surface area contributed by atoms with Crippen molar-refractivity contribution in [2.24, 2.45) is 0 Å². The molecule has 1 aliphatic carbocycles. The molecule has 0 spiro atoms. The Labute approximate surface area is 216 Å². The summed E-state index contributed by atoms with van der Waals surface area (Å²) in [6.45, 7) is 0. The van der Waals surface area contributed by atoms with Gasteiger partial charge in [-0.2, -0.15) is 0 Å². The Morgan fingerprint density at radius 3 is 1.82 bits per heavy atom. The number of methoxy groups -OCH3 is 1. The molecule has 1 fully saturated rings. The number of aliphatic hydroxyl groups excluding tert-OH is 1. The summed E-state index contributed by atoms with van der Waals surface area (Å²) in [5, 5.41) is 59.4. The van der Waals surface area contributed by atoms with Crippen molar-refractivity contribution in [2.45, 2.75) is 36.8 Å². The van der Waals surface area contributed by atoms with Crippen LogP contribution in [0.4, 0.5) is 0 Å². The van der Waals surface area contributed by atoms with E-state index in [1.165, 1.54) is 48.6 Å². The monoisotopic (exact) mass is 530 g/mol. The molecule has 202 valence electrons. The average molecular weight is 530 g/mol. The number of carbonyl (C=O) groups excluding carboxylic acids is 3. The predicted octanol–water partition coefficient (Wildman–Crippen LogP) is 1.12. The molecule has 0 saturated heterocycles. The van der Waals surface area contributed by atoms with Gasteiger partial charge in [0.15, 0.2) is 34.7 Å². The molecular weight excluding hydrogens is 504 g/mol. The van der Waals surface area contributed by atoms with Crippen LogP contribution in [0.5, 0.6) is 23.0 Å². The maximum Gasteiger partial charge on any atom is 0.340 e. The summed E-state index contributed by atoms with van der Waals surface area (Å²) in [4.78, 5) is 37.1. The Morgan fingerprint density at radius 2 is 1.34 bits per heavy atom. The molecular formula is C26H26O12. The third-order valence-corrected chi connectivity index (χ3v) is 5.86. The molecule has 0 amide bonds. The molecule has 0 heterocycles. The van der Waals surface area contributed by atoms with E-state index >= 15 is 0 Å². The number of hydrogen-bond donors (Lipinski definition) is 6. The van der Waals surface area contributed by atoms with Gasteiger partial charge in [-0.3, -0.25) is 0 Å². The van der Waals surface area contributed by atoms with Crippen LogP contribution >= 0.6 is 0 Å². The zero-order valence-corrected chi connectivity index (χ0v) is 20.1. The highest BCUT2D eigenvalue weighted by molar-refractivity contribution is 5.88. The van der Waals surface area contributed by atoms with Gasteiger partial charge in [0.2, 0.25) is 0 Å². The summed E-state index contributed by atoms with van der Waals surface area (Å²) in [6.07, 6.45) is -1.07. The van der Waals surface area contributed by atoms with Crippen LogP contribution < -0.4 is 0 Å². The lowest BCUT2D eigenvalue weighted by Gasteiger charge is -2.42. The van der Waals surface area contributed by atoms with Crippen LogP contribution in [0.15, 0.2) is 48.6 Å². The van der Waals surface area contributed by atoms with Gasteiger partial charge in [0.05, 0.1) is 7.11 Å². The number of rotatable bonds is 7. The largest absolute Gasteiger partial charge is 0.504 e. The molecule has 1 saturated carbocycles. The maximum atomic E-state index is 12.5. The Morgan fingerprint density at radius 1 is 0.842 bits per heavy atom. The maximum absolute atomic E-state index is 12.5. The van der Waals surface area contributed by atoms with Gasteiger partial charge >= 0.3 is 17.9 Å². The van der Waals surface area contributed by atoms with Crippen LogP contribution in [0.1, 0.15) is 24.0 Å². The second-order valence-corrected chi connectivity index (χ2v) is 8.44. The number of esters is 3. The number of carbonyl (C=O) groups is 3. The minimum absolute atomic E-state index is 0.185. The highest BCUT2D eigenvalue weighted by Crippen LogP contribution is 2.34. The predicted molar refractivity (Wildman–Crippen MR) is 130 cm³/mol. The fourth-order valence-electron chi connectivity index (χ4n) is 3.79. The van der Waals surface area contributed by atoms with Crippen LogP contribution in [0.3, 0.4) is 0 Å². The van der Waals surface area contributed by atoms with Gasteiger partial charge in [-0.1, -0.05) is 12.1 Å². The van der Waals surface area contributed by atoms with Gasteiger partial charge in [0, 0.05) is 12.2 Å². The summed E-state index contributed by atoms with van der Waals surface area (Å²) in [6, 6.07) is 7.61. The van der Waals surface area contributed by atoms with Gasteiger partial charge in [0.1, 0.15) is 12.2 Å².